The normalized spacial score (nSPS) is 14.9. The second-order valence-electron chi connectivity index (χ2n) is 9.09. The molecular weight excluding hydrogens is 441 g/mol. The van der Waals surface area contributed by atoms with E-state index in [1.807, 2.05) is 38.2 Å². The van der Waals surface area contributed by atoms with Gasteiger partial charge in [0.1, 0.15) is 11.6 Å². The van der Waals surface area contributed by atoms with Crippen molar-refractivity contribution in [1.29, 1.82) is 0 Å². The number of carbonyl (C=O) groups is 1. The summed E-state index contributed by atoms with van der Waals surface area (Å²) >= 11 is 6.07. The number of aromatic amines is 1. The van der Waals surface area contributed by atoms with Gasteiger partial charge in [0.15, 0.2) is 0 Å². The highest BCUT2D eigenvalue weighted by molar-refractivity contribution is 6.31. The number of hydrogen-bond donors (Lipinski definition) is 1. The van der Waals surface area contributed by atoms with Crippen molar-refractivity contribution in [3.63, 3.8) is 0 Å². The summed E-state index contributed by atoms with van der Waals surface area (Å²) in [5, 5.41) is 0.604. The van der Waals surface area contributed by atoms with Gasteiger partial charge in [0, 0.05) is 43.3 Å². The lowest BCUT2D eigenvalue weighted by atomic mass is 9.94. The van der Waals surface area contributed by atoms with Crippen LogP contribution < -0.4 is 4.90 Å². The third-order valence-corrected chi connectivity index (χ3v) is 6.57. The van der Waals surface area contributed by atoms with Gasteiger partial charge in [-0.2, -0.15) is 0 Å². The second kappa shape index (κ2) is 10.1. The number of carbonyl (C=O) groups excluding carboxylic acids is 1. The first-order valence-electron chi connectivity index (χ1n) is 11.4. The lowest BCUT2D eigenvalue weighted by molar-refractivity contribution is -0.134. The summed E-state index contributed by atoms with van der Waals surface area (Å²) < 4.78 is 14.7. The van der Waals surface area contributed by atoms with Gasteiger partial charge >= 0.3 is 0 Å². The Labute approximate surface area is 199 Å². The van der Waals surface area contributed by atoms with Crippen molar-refractivity contribution in [3.05, 3.63) is 47.2 Å². The Morgan fingerprint density at radius 2 is 1.91 bits per heavy atom. The van der Waals surface area contributed by atoms with Crippen LogP contribution in [-0.2, 0) is 4.79 Å². The number of anilines is 1. The molecule has 1 fully saturated rings. The number of H-pyrrole nitrogens is 1. The van der Waals surface area contributed by atoms with E-state index in [0.29, 0.717) is 16.4 Å². The summed E-state index contributed by atoms with van der Waals surface area (Å²) in [7, 11) is 5.99. The number of amides is 1. The van der Waals surface area contributed by atoms with E-state index < -0.39 is 0 Å². The average molecular weight is 472 g/mol. The number of imidazole rings is 1. The van der Waals surface area contributed by atoms with Gasteiger partial charge in [-0.1, -0.05) is 11.6 Å². The van der Waals surface area contributed by atoms with Crippen molar-refractivity contribution in [2.45, 2.75) is 19.3 Å². The molecule has 0 spiro atoms. The summed E-state index contributed by atoms with van der Waals surface area (Å²) in [5.74, 6) is 0.434. The van der Waals surface area contributed by atoms with Crippen LogP contribution in [0.5, 0.6) is 0 Å². The topological polar surface area (TPSA) is 55.5 Å². The quantitative estimate of drug-likeness (QED) is 0.545. The van der Waals surface area contributed by atoms with E-state index >= 15 is 0 Å². The molecule has 0 radical (unpaired) electrons. The summed E-state index contributed by atoms with van der Waals surface area (Å²) in [6, 6.07) is 10.5. The van der Waals surface area contributed by atoms with Gasteiger partial charge in [0.05, 0.1) is 16.6 Å². The SMILES string of the molecule is CN(C)CCCN(C)C(=O)C1CCN(c2ccc(F)c(-c3nc4ccc(Cl)cc4[nH]3)c2)CC1. The van der Waals surface area contributed by atoms with Gasteiger partial charge in [-0.15, -0.1) is 0 Å². The molecule has 6 nitrogen and oxygen atoms in total. The molecule has 176 valence electrons. The molecule has 0 atom stereocenters. The Morgan fingerprint density at radius 3 is 2.64 bits per heavy atom. The maximum absolute atomic E-state index is 14.7. The number of rotatable bonds is 7. The maximum atomic E-state index is 14.7. The molecule has 0 aliphatic carbocycles. The molecule has 4 rings (SSSR count). The number of benzene rings is 2. The number of nitrogens with one attached hydrogen (secondary N) is 1. The predicted molar refractivity (Wildman–Crippen MR) is 132 cm³/mol. The first-order chi connectivity index (χ1) is 15.8. The molecule has 8 heteroatoms. The number of fused-ring (bicyclic) bond motifs is 1. The van der Waals surface area contributed by atoms with Crippen molar-refractivity contribution < 1.29 is 9.18 Å². The van der Waals surface area contributed by atoms with Crippen LogP contribution in [0.3, 0.4) is 0 Å². The molecule has 1 aromatic heterocycles. The van der Waals surface area contributed by atoms with Crippen LogP contribution in [0.25, 0.3) is 22.4 Å². The fourth-order valence-corrected chi connectivity index (χ4v) is 4.60. The largest absolute Gasteiger partial charge is 0.371 e. The lowest BCUT2D eigenvalue weighted by Gasteiger charge is -2.34. The zero-order valence-corrected chi connectivity index (χ0v) is 20.2. The van der Waals surface area contributed by atoms with Crippen molar-refractivity contribution >= 4 is 34.2 Å². The summed E-state index contributed by atoms with van der Waals surface area (Å²) in [6.07, 6.45) is 2.57. The molecular formula is C25H31ClFN5O. The Balaban J connectivity index is 1.42. The molecule has 1 amide bonds. The fourth-order valence-electron chi connectivity index (χ4n) is 4.43. The molecule has 1 N–H and O–H groups in total. The number of nitrogens with zero attached hydrogens (tertiary/aromatic N) is 4. The minimum Gasteiger partial charge on any atom is -0.371 e. The third kappa shape index (κ3) is 5.47. The molecule has 2 aromatic carbocycles. The Kier molecular flexibility index (Phi) is 7.20. The van der Waals surface area contributed by atoms with Gasteiger partial charge in [-0.25, -0.2) is 9.37 Å². The van der Waals surface area contributed by atoms with E-state index in [1.165, 1.54) is 6.07 Å². The first kappa shape index (κ1) is 23.5. The van der Waals surface area contributed by atoms with Crippen molar-refractivity contribution in [2.75, 3.05) is 52.2 Å². The van der Waals surface area contributed by atoms with Crippen LogP contribution in [-0.4, -0.2) is 73.0 Å². The maximum Gasteiger partial charge on any atom is 0.225 e. The molecule has 1 saturated heterocycles. The van der Waals surface area contributed by atoms with Crippen LogP contribution in [0, 0.1) is 11.7 Å². The number of piperidine rings is 1. The average Bonchev–Trinajstić information content (AvgIpc) is 3.21. The van der Waals surface area contributed by atoms with E-state index in [9.17, 15) is 9.18 Å². The van der Waals surface area contributed by atoms with E-state index in [-0.39, 0.29) is 17.6 Å². The first-order valence-corrected chi connectivity index (χ1v) is 11.8. The van der Waals surface area contributed by atoms with E-state index in [2.05, 4.69) is 19.8 Å². The number of aromatic nitrogens is 2. The van der Waals surface area contributed by atoms with Gasteiger partial charge in [-0.05, 0) is 76.3 Å². The second-order valence-corrected chi connectivity index (χ2v) is 9.53. The molecule has 3 aromatic rings. The zero-order valence-electron chi connectivity index (χ0n) is 19.4. The summed E-state index contributed by atoms with van der Waals surface area (Å²) in [4.78, 5) is 26.8. The summed E-state index contributed by atoms with van der Waals surface area (Å²) in [6.45, 7) is 3.29. The third-order valence-electron chi connectivity index (χ3n) is 6.33. The van der Waals surface area contributed by atoms with Crippen LogP contribution in [0.4, 0.5) is 10.1 Å². The monoisotopic (exact) mass is 471 g/mol. The van der Waals surface area contributed by atoms with Gasteiger partial charge in [-0.3, -0.25) is 4.79 Å². The molecule has 33 heavy (non-hydrogen) atoms. The van der Waals surface area contributed by atoms with Gasteiger partial charge < -0.3 is 19.7 Å². The van der Waals surface area contributed by atoms with E-state index in [1.54, 1.807) is 18.2 Å². The molecule has 0 bridgehead atoms. The van der Waals surface area contributed by atoms with Crippen molar-refractivity contribution in [1.82, 2.24) is 19.8 Å². The van der Waals surface area contributed by atoms with Crippen molar-refractivity contribution in [3.8, 4) is 11.4 Å². The molecule has 1 aliphatic heterocycles. The zero-order chi connectivity index (χ0) is 23.5. The molecule has 1 aliphatic rings. The highest BCUT2D eigenvalue weighted by Crippen LogP contribution is 2.31. The number of halogens is 2. The highest BCUT2D eigenvalue weighted by atomic mass is 35.5. The van der Waals surface area contributed by atoms with E-state index in [4.69, 9.17) is 11.6 Å². The fraction of sp³-hybridized carbons (Fsp3) is 0.440. The Bertz CT molecular complexity index is 1120. The van der Waals surface area contributed by atoms with Gasteiger partial charge in [0.25, 0.3) is 0 Å². The van der Waals surface area contributed by atoms with Crippen LogP contribution in [0.15, 0.2) is 36.4 Å². The van der Waals surface area contributed by atoms with Gasteiger partial charge in [0.2, 0.25) is 5.91 Å². The van der Waals surface area contributed by atoms with Crippen LogP contribution in [0.1, 0.15) is 19.3 Å². The highest BCUT2D eigenvalue weighted by Gasteiger charge is 2.27. The number of hydrogen-bond acceptors (Lipinski definition) is 4. The van der Waals surface area contributed by atoms with E-state index in [0.717, 1.165) is 62.2 Å². The lowest BCUT2D eigenvalue weighted by Crippen LogP contribution is -2.41. The molecule has 0 saturated carbocycles. The standard InChI is InChI=1S/C25H31ClFN5O/c1-30(2)11-4-12-31(3)25(33)17-9-13-32(14-10-17)19-6-7-21(27)20(16-19)24-28-22-8-5-18(26)15-23(22)29-24/h5-8,15-17H,4,9-14H2,1-3H3,(H,28,29). The summed E-state index contributed by atoms with van der Waals surface area (Å²) in [5.41, 5.74) is 2.89. The minimum atomic E-state index is -0.326. The Morgan fingerprint density at radius 1 is 1.15 bits per heavy atom. The predicted octanol–water partition coefficient (Wildman–Crippen LogP) is 4.65. The minimum absolute atomic E-state index is 0.0469. The van der Waals surface area contributed by atoms with Crippen LogP contribution >= 0.6 is 11.6 Å². The smallest absolute Gasteiger partial charge is 0.225 e. The van der Waals surface area contributed by atoms with Crippen LogP contribution in [0.2, 0.25) is 5.02 Å². The molecule has 0 unspecified atom stereocenters. The Hall–Kier alpha value is -2.64. The molecule has 2 heterocycles. The van der Waals surface area contributed by atoms with Crippen molar-refractivity contribution in [2.24, 2.45) is 5.92 Å².